The number of methoxy groups -OCH3 is 1. The normalized spacial score (nSPS) is 15.7. The van der Waals surface area contributed by atoms with Crippen molar-refractivity contribution in [3.05, 3.63) is 71.7 Å². The number of aromatic nitrogens is 6. The van der Waals surface area contributed by atoms with Crippen LogP contribution in [0.3, 0.4) is 0 Å². The maximum atomic E-state index is 13.9. The summed E-state index contributed by atoms with van der Waals surface area (Å²) in [6.07, 6.45) is 5.72. The average Bonchev–Trinajstić information content (AvgIpc) is 3.63. The molecule has 10 nitrogen and oxygen atoms in total. The third-order valence-electron chi connectivity index (χ3n) is 6.59. The smallest absolute Gasteiger partial charge is 0.288 e. The molecule has 0 saturated heterocycles. The van der Waals surface area contributed by atoms with Gasteiger partial charge < -0.3 is 20.1 Å². The molecule has 13 heteroatoms. The maximum Gasteiger partial charge on any atom is 0.288 e. The number of rotatable bonds is 8. The van der Waals surface area contributed by atoms with Crippen molar-refractivity contribution in [2.24, 2.45) is 0 Å². The Kier molecular flexibility index (Phi) is 6.48. The van der Waals surface area contributed by atoms with Crippen LogP contribution in [-0.4, -0.2) is 59.8 Å². The molecule has 1 unspecified atom stereocenters. The van der Waals surface area contributed by atoms with Gasteiger partial charge in [-0.05, 0) is 31.4 Å². The Morgan fingerprint density at radius 3 is 2.26 bits per heavy atom. The molecule has 1 fully saturated rings. The van der Waals surface area contributed by atoms with Crippen molar-refractivity contribution in [2.45, 2.75) is 49.9 Å². The first kappa shape index (κ1) is 26.8. The van der Waals surface area contributed by atoms with Crippen molar-refractivity contribution in [3.8, 4) is 28.7 Å². The van der Waals surface area contributed by atoms with Crippen LogP contribution in [0.2, 0.25) is 0 Å². The van der Waals surface area contributed by atoms with E-state index in [4.69, 9.17) is 12.6 Å². The summed E-state index contributed by atoms with van der Waals surface area (Å²) < 4.78 is 33.9. The zero-order valence-electron chi connectivity index (χ0n) is 21.4. The summed E-state index contributed by atoms with van der Waals surface area (Å²) in [6, 6.07) is 7.66. The minimum absolute atomic E-state index is 0.196. The molecule has 0 aliphatic heterocycles. The topological polar surface area (TPSA) is 139 Å². The largest absolute Gasteiger partial charge is 0.480 e. The van der Waals surface area contributed by atoms with Gasteiger partial charge in [0, 0.05) is 30.8 Å². The molecule has 1 aliphatic rings. The van der Waals surface area contributed by atoms with Gasteiger partial charge in [-0.1, -0.05) is 24.3 Å². The van der Waals surface area contributed by atoms with Crippen LogP contribution in [0, 0.1) is 0 Å². The van der Waals surface area contributed by atoms with Gasteiger partial charge >= 0.3 is 0 Å². The molecule has 0 amide bonds. The van der Waals surface area contributed by atoms with Crippen LogP contribution in [0.15, 0.2) is 49.1 Å². The van der Waals surface area contributed by atoms with Gasteiger partial charge in [-0.3, -0.25) is 4.57 Å². The van der Waals surface area contributed by atoms with Crippen LogP contribution in [0.5, 0.6) is 5.88 Å². The monoisotopic (exact) mass is 534 g/mol. The molecular weight excluding hydrogens is 509 g/mol. The second-order valence-electron chi connectivity index (χ2n) is 9.73. The lowest BCUT2D eigenvalue weighted by molar-refractivity contribution is -0.151. The van der Waals surface area contributed by atoms with Crippen molar-refractivity contribution in [1.29, 1.82) is 0 Å². The van der Waals surface area contributed by atoms with E-state index in [0.29, 0.717) is 34.3 Å². The molecule has 0 spiro atoms. The summed E-state index contributed by atoms with van der Waals surface area (Å²) in [5, 5.41) is 31.3. The Labute approximate surface area is 223 Å². The van der Waals surface area contributed by atoms with Crippen LogP contribution in [-0.2, 0) is 17.3 Å². The first-order chi connectivity index (χ1) is 18.3. The number of ether oxygens (including phenoxy) is 1. The van der Waals surface area contributed by atoms with E-state index in [9.17, 15) is 24.1 Å². The fraction of sp³-hybridized carbons (Fsp3) is 0.346. The number of hydrogen-bond acceptors (Lipinski definition) is 9. The minimum atomic E-state index is -3.34. The van der Waals surface area contributed by atoms with E-state index >= 15 is 0 Å². The van der Waals surface area contributed by atoms with Crippen LogP contribution < -0.4 is 4.74 Å². The molecule has 39 heavy (non-hydrogen) atoms. The Bertz CT molecular complexity index is 1510. The number of aliphatic hydroxyl groups is 3. The summed E-state index contributed by atoms with van der Waals surface area (Å²) >= 11 is 0. The van der Waals surface area contributed by atoms with Crippen LogP contribution in [0.4, 0.5) is 8.78 Å². The molecule has 1 aromatic carbocycles. The van der Waals surface area contributed by atoms with Crippen LogP contribution in [0.1, 0.15) is 55.3 Å². The van der Waals surface area contributed by atoms with Crippen LogP contribution >= 0.6 is 0 Å². The molecule has 0 bridgehead atoms. The van der Waals surface area contributed by atoms with Gasteiger partial charge in [-0.15, -0.1) is 0 Å². The first-order valence-corrected chi connectivity index (χ1v) is 12.1. The predicted molar refractivity (Wildman–Crippen MR) is 136 cm³/mol. The molecule has 3 N–H and O–H groups in total. The lowest BCUT2D eigenvalue weighted by Crippen LogP contribution is -2.33. The summed E-state index contributed by atoms with van der Waals surface area (Å²) in [6.45, 7) is 2.19. The number of alkyl halides is 2. The highest BCUT2D eigenvalue weighted by atomic mass is 19.3. The maximum absolute atomic E-state index is 13.9. The highest BCUT2D eigenvalue weighted by molar-refractivity contribution is 6.11. The molecule has 200 valence electrons. The molecule has 3 aromatic heterocycles. The number of benzene rings is 1. The quantitative estimate of drug-likeness (QED) is 0.230. The van der Waals surface area contributed by atoms with Crippen molar-refractivity contribution in [2.75, 3.05) is 7.11 Å². The molecular formula is C26H25BF2N6O4. The molecule has 1 saturated carbocycles. The highest BCUT2D eigenvalue weighted by Crippen LogP contribution is 2.45. The minimum Gasteiger partial charge on any atom is -0.480 e. The lowest BCUT2D eigenvalue weighted by atomic mass is 9.91. The Hall–Kier alpha value is -3.81. The zero-order chi connectivity index (χ0) is 28.2. The standard InChI is InChI=1S/C26H25BF2N6O4/c1-24(36,17-10-11-30-21(33-17)19-20(14-4-5-14)31-13-32-23(19)39-3)16-8-6-15(7-9-16)22-34-18(25(2,28)29)12-35(22)26(27,37)38/h6-14,36-38H,4-5H2,1-3H3. The molecule has 3 heterocycles. The van der Waals surface area contributed by atoms with Crippen LogP contribution in [0.25, 0.3) is 22.8 Å². The van der Waals surface area contributed by atoms with Crippen molar-refractivity contribution >= 4 is 7.85 Å². The fourth-order valence-corrected chi connectivity index (χ4v) is 4.30. The van der Waals surface area contributed by atoms with Gasteiger partial charge in [0.15, 0.2) is 19.5 Å². The summed E-state index contributed by atoms with van der Waals surface area (Å²) in [5.41, 5.74) is 0.0391. The number of halogens is 2. The first-order valence-electron chi connectivity index (χ1n) is 12.1. The summed E-state index contributed by atoms with van der Waals surface area (Å²) in [7, 11) is 6.86. The summed E-state index contributed by atoms with van der Waals surface area (Å²) in [5.74, 6) is -5.59. The zero-order valence-corrected chi connectivity index (χ0v) is 21.4. The van der Waals surface area contributed by atoms with E-state index in [1.807, 2.05) is 0 Å². The predicted octanol–water partition coefficient (Wildman–Crippen LogP) is 2.77. The lowest BCUT2D eigenvalue weighted by Gasteiger charge is -2.24. The van der Waals surface area contributed by atoms with E-state index in [1.165, 1.54) is 31.8 Å². The number of hydrogen-bond donors (Lipinski definition) is 3. The molecule has 5 rings (SSSR count). The molecule has 2 radical (unpaired) electrons. The Morgan fingerprint density at radius 1 is 0.974 bits per heavy atom. The van der Waals surface area contributed by atoms with Gasteiger partial charge in [0.05, 0.1) is 18.5 Å². The molecule has 1 atom stereocenters. The average molecular weight is 534 g/mol. The van der Waals surface area contributed by atoms with E-state index < -0.39 is 23.0 Å². The fourth-order valence-electron chi connectivity index (χ4n) is 4.30. The second-order valence-corrected chi connectivity index (χ2v) is 9.73. The van der Waals surface area contributed by atoms with E-state index in [0.717, 1.165) is 24.7 Å². The molecule has 4 aromatic rings. The van der Waals surface area contributed by atoms with E-state index in [-0.39, 0.29) is 23.0 Å². The summed E-state index contributed by atoms with van der Waals surface area (Å²) in [4.78, 5) is 21.5. The molecule has 1 aliphatic carbocycles. The third kappa shape index (κ3) is 5.12. The Balaban J connectivity index is 1.52. The van der Waals surface area contributed by atoms with Gasteiger partial charge in [-0.2, -0.15) is 8.78 Å². The van der Waals surface area contributed by atoms with Gasteiger partial charge in [0.25, 0.3) is 5.92 Å². The van der Waals surface area contributed by atoms with Gasteiger partial charge in [-0.25, -0.2) is 24.9 Å². The number of imidazole rings is 1. The number of nitrogens with zero attached hydrogens (tertiary/aromatic N) is 6. The van der Waals surface area contributed by atoms with Crippen molar-refractivity contribution in [3.63, 3.8) is 0 Å². The highest BCUT2D eigenvalue weighted by Gasteiger charge is 2.35. The van der Waals surface area contributed by atoms with Crippen molar-refractivity contribution < 1.29 is 28.8 Å². The van der Waals surface area contributed by atoms with Gasteiger partial charge in [0.1, 0.15) is 29.0 Å². The van der Waals surface area contributed by atoms with Crippen molar-refractivity contribution in [1.82, 2.24) is 29.5 Å². The SMILES string of the molecule is [B]C(O)(O)n1cc(C(C)(F)F)nc1-c1ccc(C(C)(O)c2ccnc(-c3c(OC)ncnc3C3CC3)n2)cc1. The van der Waals surface area contributed by atoms with Gasteiger partial charge in [0.2, 0.25) is 5.88 Å². The third-order valence-corrected chi connectivity index (χ3v) is 6.59. The second kappa shape index (κ2) is 9.43. The van der Waals surface area contributed by atoms with E-state index in [2.05, 4.69) is 24.9 Å². The van der Waals surface area contributed by atoms with E-state index in [1.54, 1.807) is 25.1 Å². The Morgan fingerprint density at radius 2 is 1.67 bits per heavy atom.